The first-order chi connectivity index (χ1) is 31.5. The van der Waals surface area contributed by atoms with Crippen molar-refractivity contribution in [2.24, 2.45) is 22.9 Å². The van der Waals surface area contributed by atoms with Gasteiger partial charge in [-0.15, -0.1) is 18.3 Å². The molecule has 7 unspecified atom stereocenters. The minimum atomic E-state index is -1.46. The smallest absolute Gasteiger partial charge is 0.410 e. The van der Waals surface area contributed by atoms with Crippen LogP contribution in [0.1, 0.15) is 81.3 Å². The van der Waals surface area contributed by atoms with E-state index in [2.05, 4.69) is 30.9 Å². The first-order valence-electron chi connectivity index (χ1n) is 22.9. The van der Waals surface area contributed by atoms with Crippen LogP contribution in [-0.4, -0.2) is 97.7 Å². The molecule has 3 aromatic carbocycles. The predicted molar refractivity (Wildman–Crippen MR) is 243 cm³/mol. The van der Waals surface area contributed by atoms with Crippen LogP contribution in [0.5, 0.6) is 23.0 Å². The Morgan fingerprint density at radius 1 is 0.984 bits per heavy atom. The number of fused-ring (bicyclic) bond motifs is 3. The van der Waals surface area contributed by atoms with Gasteiger partial charge in [-0.1, -0.05) is 54.4 Å². The molecule has 0 spiro atoms. The number of aliphatic hydroxyl groups excluding tert-OH is 2. The number of oxime groups is 1. The highest BCUT2D eigenvalue weighted by atomic mass is 32.2. The van der Waals surface area contributed by atoms with Gasteiger partial charge in [0.05, 0.1) is 38.6 Å². The number of amides is 1. The minimum absolute atomic E-state index is 0.0558. The Balaban J connectivity index is 1.27. The summed E-state index contributed by atoms with van der Waals surface area (Å²) in [5.41, 5.74) is 3.41. The van der Waals surface area contributed by atoms with Gasteiger partial charge in [-0.25, -0.2) is 4.79 Å². The maximum absolute atomic E-state index is 14.4. The van der Waals surface area contributed by atoms with Gasteiger partial charge < -0.3 is 48.2 Å². The monoisotopic (exact) mass is 898 g/mol. The quantitative estimate of drug-likeness (QED) is 0.0455. The van der Waals surface area contributed by atoms with Crippen molar-refractivity contribution in [1.29, 1.82) is 0 Å². The Kier molecular flexibility index (Phi) is 15.7. The van der Waals surface area contributed by atoms with Crippen molar-refractivity contribution in [2.75, 3.05) is 52.7 Å². The first kappa shape index (κ1) is 45.8. The normalized spacial score (nSPS) is 25.9. The highest BCUT2D eigenvalue weighted by Crippen LogP contribution is 2.62. The molecule has 13 nitrogen and oxygen atoms in total. The van der Waals surface area contributed by atoms with Crippen molar-refractivity contribution in [3.05, 3.63) is 102 Å². The highest BCUT2D eigenvalue weighted by molar-refractivity contribution is 7.99. The van der Waals surface area contributed by atoms with Crippen molar-refractivity contribution >= 4 is 23.6 Å². The molecule has 344 valence electrons. The van der Waals surface area contributed by atoms with E-state index in [-0.39, 0.29) is 57.3 Å². The van der Waals surface area contributed by atoms with Gasteiger partial charge in [0.25, 0.3) is 0 Å². The topological polar surface area (TPSA) is 147 Å². The number of hydrogen-bond donors (Lipinski definition) is 2. The lowest BCUT2D eigenvalue weighted by Crippen LogP contribution is -2.70. The summed E-state index contributed by atoms with van der Waals surface area (Å²) in [6, 6.07) is 21.2. The third-order valence-electron chi connectivity index (χ3n) is 13.0. The van der Waals surface area contributed by atoms with Crippen molar-refractivity contribution in [3.63, 3.8) is 0 Å². The van der Waals surface area contributed by atoms with Crippen LogP contribution in [0.15, 0.2) is 101 Å². The summed E-state index contributed by atoms with van der Waals surface area (Å²) < 4.78 is 44.0. The molecule has 2 N–H and O–H groups in total. The number of allylic oxidation sites excluding steroid dienone is 1. The third kappa shape index (κ3) is 10.2. The molecule has 3 heterocycles. The van der Waals surface area contributed by atoms with Gasteiger partial charge in [0, 0.05) is 54.7 Å². The fourth-order valence-corrected chi connectivity index (χ4v) is 10.9. The molecule has 5 aliphatic rings. The summed E-state index contributed by atoms with van der Waals surface area (Å²) in [4.78, 5) is 23.5. The van der Waals surface area contributed by atoms with Gasteiger partial charge in [0.15, 0.2) is 11.5 Å². The molecule has 0 radical (unpaired) electrons. The number of aliphatic hydroxyl groups is 2. The van der Waals surface area contributed by atoms with Crippen LogP contribution in [0.4, 0.5) is 4.79 Å². The van der Waals surface area contributed by atoms with Crippen LogP contribution in [0, 0.1) is 17.8 Å². The van der Waals surface area contributed by atoms with E-state index in [9.17, 15) is 15.0 Å². The average Bonchev–Trinajstić information content (AvgIpc) is 3.81. The van der Waals surface area contributed by atoms with Crippen LogP contribution >= 0.6 is 11.8 Å². The Bertz CT molecular complexity index is 2090. The van der Waals surface area contributed by atoms with Crippen molar-refractivity contribution in [1.82, 2.24) is 4.90 Å². The molecule has 2 aliphatic carbocycles. The molecule has 64 heavy (non-hydrogen) atoms. The number of methoxy groups -OCH3 is 1. The zero-order chi connectivity index (χ0) is 44.3. The van der Waals surface area contributed by atoms with Gasteiger partial charge in [-0.3, -0.25) is 4.90 Å². The predicted octanol–water partition coefficient (Wildman–Crippen LogP) is 9.02. The van der Waals surface area contributed by atoms with E-state index >= 15 is 0 Å². The van der Waals surface area contributed by atoms with Crippen molar-refractivity contribution in [2.45, 2.75) is 99.7 Å². The Morgan fingerprint density at radius 3 is 2.58 bits per heavy atom. The summed E-state index contributed by atoms with van der Waals surface area (Å²) in [7, 11) is 1.38. The molecule has 1 saturated carbocycles. The first-order valence-corrected chi connectivity index (χ1v) is 23.8. The fraction of sp³-hybridized carbons (Fsp3) is 0.520. The van der Waals surface area contributed by atoms with Gasteiger partial charge >= 0.3 is 6.09 Å². The number of rotatable bonds is 21. The summed E-state index contributed by atoms with van der Waals surface area (Å²) in [5.74, 6) is 1.36. The van der Waals surface area contributed by atoms with E-state index in [1.165, 1.54) is 12.0 Å². The van der Waals surface area contributed by atoms with E-state index in [0.29, 0.717) is 49.0 Å². The second-order valence-corrected chi connectivity index (χ2v) is 18.1. The molecule has 1 saturated heterocycles. The molecule has 3 aromatic rings. The standard InChI is InChI=1S/C50H62N2O11S/c1-3-24-61-50-45(52(49(55)56-2)32-34-18-20-43-44(28-34)60-33-59-43)31-41(51-63-46-17-9-12-25-58-46)39-29-35(13-7-10-22-53)38(16-8-11-23-54)47(48(39)50)40-30-36(19-21-42(40)62-50)57-26-27-64-37-14-5-4-6-15-37/h3-6,14-15,18-21,28-30,35,38,45-48,53-54H,1,7-13,16-17,22-27,31-33H2,2H3. The second kappa shape index (κ2) is 22.0. The number of carbonyl (C=O) groups is 1. The summed E-state index contributed by atoms with van der Waals surface area (Å²) in [6.45, 7) is 5.75. The van der Waals surface area contributed by atoms with Gasteiger partial charge in [-0.05, 0) is 104 Å². The van der Waals surface area contributed by atoms with Crippen molar-refractivity contribution < 1.29 is 53.0 Å². The molecule has 0 bridgehead atoms. The van der Waals surface area contributed by atoms with Crippen LogP contribution < -0.4 is 18.9 Å². The fourth-order valence-electron chi connectivity index (χ4n) is 10.1. The number of benzene rings is 3. The zero-order valence-corrected chi connectivity index (χ0v) is 37.6. The van der Waals surface area contributed by atoms with Crippen LogP contribution in [0.25, 0.3) is 0 Å². The molecule has 1 amide bonds. The van der Waals surface area contributed by atoms with E-state index in [0.717, 1.165) is 73.1 Å². The lowest BCUT2D eigenvalue weighted by molar-refractivity contribution is -0.256. The number of carbonyl (C=O) groups excluding carboxylic acids is 1. The Labute approximate surface area is 380 Å². The molecular weight excluding hydrogens is 837 g/mol. The Hall–Kier alpha value is -4.73. The van der Waals surface area contributed by atoms with Gasteiger partial charge in [0.2, 0.25) is 18.9 Å². The summed E-state index contributed by atoms with van der Waals surface area (Å²) in [5, 5.41) is 24.9. The summed E-state index contributed by atoms with van der Waals surface area (Å²) >= 11 is 1.74. The molecule has 8 rings (SSSR count). The van der Waals surface area contributed by atoms with Crippen LogP contribution in [0.3, 0.4) is 0 Å². The van der Waals surface area contributed by atoms with Gasteiger partial charge in [-0.2, -0.15) is 0 Å². The number of nitrogens with zero attached hydrogens (tertiary/aromatic N) is 2. The number of unbranched alkanes of at least 4 members (excludes halogenated alkanes) is 2. The third-order valence-corrected chi connectivity index (χ3v) is 14.0. The van der Waals surface area contributed by atoms with Crippen LogP contribution in [0.2, 0.25) is 0 Å². The largest absolute Gasteiger partial charge is 0.493 e. The minimum Gasteiger partial charge on any atom is -0.493 e. The molecule has 14 heteroatoms. The molecule has 7 atom stereocenters. The number of ether oxygens (including phenoxy) is 7. The molecule has 0 aromatic heterocycles. The lowest BCUT2D eigenvalue weighted by Gasteiger charge is -2.59. The van der Waals surface area contributed by atoms with E-state index in [1.807, 2.05) is 48.5 Å². The van der Waals surface area contributed by atoms with E-state index < -0.39 is 30.1 Å². The molecule has 3 aliphatic heterocycles. The van der Waals surface area contributed by atoms with E-state index in [4.69, 9.17) is 43.2 Å². The summed E-state index contributed by atoms with van der Waals surface area (Å²) in [6.07, 6.45) is 10.5. The number of hydrogen-bond acceptors (Lipinski definition) is 13. The Morgan fingerprint density at radius 2 is 1.80 bits per heavy atom. The van der Waals surface area contributed by atoms with Gasteiger partial charge in [0.1, 0.15) is 17.5 Å². The van der Waals surface area contributed by atoms with E-state index in [1.54, 1.807) is 22.7 Å². The lowest BCUT2D eigenvalue weighted by atomic mass is 9.55. The van der Waals surface area contributed by atoms with Crippen molar-refractivity contribution in [3.8, 4) is 23.0 Å². The van der Waals surface area contributed by atoms with Crippen LogP contribution in [-0.2, 0) is 25.6 Å². The highest BCUT2D eigenvalue weighted by Gasteiger charge is 2.65. The molecule has 2 fully saturated rings. The maximum Gasteiger partial charge on any atom is 0.410 e. The zero-order valence-electron chi connectivity index (χ0n) is 36.8. The SMILES string of the molecule is C=CCOC12Oc3ccc(OCCSc4ccccc4)cc3C3C(CCCCO)C(CCCCO)C=C(C(=NOC4CCCCO4)CC1N(Cc1ccc4c(c1)OCO4)C(=O)OC)C32. The number of thioether (sulfide) groups is 1. The maximum atomic E-state index is 14.4. The molecular formula is C50H62N2O11S. The average molecular weight is 899 g/mol. The second-order valence-electron chi connectivity index (χ2n) is 17.0.